The SMILES string of the molecule is O=Cc1ccc2c(c1)c1c(ccc3c4ccccc4n(-c4ccccc4)c31)n2-c1ccccc1. The zero-order chi connectivity index (χ0) is 22.6. The Morgan fingerprint density at radius 3 is 1.85 bits per heavy atom. The fourth-order valence-electron chi connectivity index (χ4n) is 5.35. The highest BCUT2D eigenvalue weighted by molar-refractivity contribution is 6.26. The Kier molecular flexibility index (Phi) is 4.00. The molecule has 0 aliphatic rings. The van der Waals surface area contributed by atoms with E-state index in [9.17, 15) is 4.79 Å². The van der Waals surface area contributed by atoms with E-state index in [0.717, 1.165) is 45.0 Å². The number of rotatable bonds is 3. The van der Waals surface area contributed by atoms with E-state index in [1.165, 1.54) is 16.3 Å². The molecule has 0 radical (unpaired) electrons. The summed E-state index contributed by atoms with van der Waals surface area (Å²) >= 11 is 0. The van der Waals surface area contributed by atoms with Gasteiger partial charge >= 0.3 is 0 Å². The number of nitrogens with zero attached hydrogens (tertiary/aromatic N) is 2. The number of carbonyl (C=O) groups excluding carboxylic acids is 1. The standard InChI is InChI=1S/C31H20N2O/c34-20-21-15-17-28-26(19-21)30-29(32(28)22-9-3-1-4-10-22)18-16-25-24-13-7-8-14-27(24)33(31(25)30)23-11-5-2-6-12-23/h1-20H. The van der Waals surface area contributed by atoms with Crippen LogP contribution in [0.15, 0.2) is 115 Å². The molecule has 0 saturated carbocycles. The highest BCUT2D eigenvalue weighted by Gasteiger charge is 2.20. The summed E-state index contributed by atoms with van der Waals surface area (Å²) in [5, 5.41) is 4.65. The molecule has 7 aromatic rings. The number of fused-ring (bicyclic) bond motifs is 7. The fourth-order valence-corrected chi connectivity index (χ4v) is 5.35. The molecule has 0 amide bonds. The maximum absolute atomic E-state index is 11.7. The summed E-state index contributed by atoms with van der Waals surface area (Å²) in [6.07, 6.45) is 0.929. The van der Waals surface area contributed by atoms with Crippen molar-refractivity contribution in [1.29, 1.82) is 0 Å². The molecule has 0 N–H and O–H groups in total. The zero-order valence-corrected chi connectivity index (χ0v) is 18.3. The fraction of sp³-hybridized carbons (Fsp3) is 0. The van der Waals surface area contributed by atoms with Gasteiger partial charge in [-0.3, -0.25) is 4.79 Å². The third-order valence-electron chi connectivity index (χ3n) is 6.75. The van der Waals surface area contributed by atoms with Gasteiger partial charge < -0.3 is 9.13 Å². The molecule has 0 atom stereocenters. The van der Waals surface area contributed by atoms with E-state index in [1.807, 2.05) is 24.3 Å². The lowest BCUT2D eigenvalue weighted by molar-refractivity contribution is 0.112. The van der Waals surface area contributed by atoms with Crippen LogP contribution in [0.1, 0.15) is 10.4 Å². The average Bonchev–Trinajstić information content (AvgIpc) is 3.42. The number of benzene rings is 5. The second-order valence-corrected chi connectivity index (χ2v) is 8.61. The molecule has 0 aliphatic carbocycles. The monoisotopic (exact) mass is 436 g/mol. The van der Waals surface area contributed by atoms with Gasteiger partial charge in [-0.15, -0.1) is 0 Å². The molecule has 0 unspecified atom stereocenters. The van der Waals surface area contributed by atoms with Crippen molar-refractivity contribution >= 4 is 49.9 Å². The average molecular weight is 437 g/mol. The van der Waals surface area contributed by atoms with Crippen molar-refractivity contribution in [3.05, 3.63) is 121 Å². The molecular weight excluding hydrogens is 416 g/mol. The maximum Gasteiger partial charge on any atom is 0.150 e. The highest BCUT2D eigenvalue weighted by atomic mass is 16.1. The van der Waals surface area contributed by atoms with Gasteiger partial charge in [0.1, 0.15) is 6.29 Å². The summed E-state index contributed by atoms with van der Waals surface area (Å²) < 4.78 is 4.65. The number of para-hydroxylation sites is 3. The van der Waals surface area contributed by atoms with Crippen molar-refractivity contribution in [2.75, 3.05) is 0 Å². The molecule has 0 fully saturated rings. The molecular formula is C31H20N2O. The van der Waals surface area contributed by atoms with Crippen molar-refractivity contribution in [1.82, 2.24) is 9.13 Å². The van der Waals surface area contributed by atoms with Crippen LogP contribution < -0.4 is 0 Å². The molecule has 3 nitrogen and oxygen atoms in total. The van der Waals surface area contributed by atoms with E-state index in [0.29, 0.717) is 5.56 Å². The molecule has 3 heteroatoms. The van der Waals surface area contributed by atoms with E-state index in [-0.39, 0.29) is 0 Å². The lowest BCUT2D eigenvalue weighted by Crippen LogP contribution is -1.95. The van der Waals surface area contributed by atoms with E-state index in [1.54, 1.807) is 0 Å². The lowest BCUT2D eigenvalue weighted by atomic mass is 10.1. The van der Waals surface area contributed by atoms with E-state index < -0.39 is 0 Å². The van der Waals surface area contributed by atoms with Gasteiger partial charge in [-0.1, -0.05) is 60.7 Å². The van der Waals surface area contributed by atoms with Crippen LogP contribution in [0.3, 0.4) is 0 Å². The third kappa shape index (κ3) is 2.55. The Hall–Kier alpha value is -4.63. The first-order valence-corrected chi connectivity index (χ1v) is 11.4. The van der Waals surface area contributed by atoms with Gasteiger partial charge in [-0.05, 0) is 54.6 Å². The molecule has 0 bridgehead atoms. The summed E-state index contributed by atoms with van der Waals surface area (Å²) in [5.74, 6) is 0. The van der Waals surface area contributed by atoms with Crippen LogP contribution in [0.25, 0.3) is 55.0 Å². The van der Waals surface area contributed by atoms with Crippen LogP contribution in [0, 0.1) is 0 Å². The maximum atomic E-state index is 11.7. The molecule has 0 aliphatic heterocycles. The first-order chi connectivity index (χ1) is 16.8. The molecule has 34 heavy (non-hydrogen) atoms. The number of hydrogen-bond acceptors (Lipinski definition) is 1. The minimum absolute atomic E-state index is 0.680. The zero-order valence-electron chi connectivity index (χ0n) is 18.3. The number of aldehydes is 1. The Balaban J connectivity index is 1.78. The second kappa shape index (κ2) is 7.19. The normalized spacial score (nSPS) is 11.6. The van der Waals surface area contributed by atoms with Crippen LogP contribution in [-0.2, 0) is 0 Å². The van der Waals surface area contributed by atoms with Gasteiger partial charge in [0.25, 0.3) is 0 Å². The van der Waals surface area contributed by atoms with Gasteiger partial charge in [0.05, 0.1) is 22.1 Å². The van der Waals surface area contributed by atoms with Gasteiger partial charge in [0, 0.05) is 38.5 Å². The first-order valence-electron chi connectivity index (χ1n) is 11.4. The number of hydrogen-bond donors (Lipinski definition) is 0. The molecule has 0 saturated heterocycles. The van der Waals surface area contributed by atoms with Crippen LogP contribution in [0.2, 0.25) is 0 Å². The van der Waals surface area contributed by atoms with E-state index in [4.69, 9.17) is 0 Å². The van der Waals surface area contributed by atoms with Crippen molar-refractivity contribution < 1.29 is 4.79 Å². The van der Waals surface area contributed by atoms with Crippen LogP contribution >= 0.6 is 0 Å². The Labute approximate surface area is 196 Å². The Morgan fingerprint density at radius 1 is 0.500 bits per heavy atom. The molecule has 5 aromatic carbocycles. The van der Waals surface area contributed by atoms with Crippen molar-refractivity contribution in [3.8, 4) is 11.4 Å². The predicted octanol–water partition coefficient (Wildman–Crippen LogP) is 7.69. The predicted molar refractivity (Wildman–Crippen MR) is 141 cm³/mol. The van der Waals surface area contributed by atoms with Crippen LogP contribution in [0.5, 0.6) is 0 Å². The minimum Gasteiger partial charge on any atom is -0.309 e. The summed E-state index contributed by atoms with van der Waals surface area (Å²) in [6, 6.07) is 39.9. The topological polar surface area (TPSA) is 26.9 Å². The summed E-state index contributed by atoms with van der Waals surface area (Å²) in [4.78, 5) is 11.7. The molecule has 7 rings (SSSR count). The summed E-state index contributed by atoms with van der Waals surface area (Å²) in [6.45, 7) is 0. The number of aromatic nitrogens is 2. The smallest absolute Gasteiger partial charge is 0.150 e. The van der Waals surface area contributed by atoms with Crippen molar-refractivity contribution in [3.63, 3.8) is 0 Å². The third-order valence-corrected chi connectivity index (χ3v) is 6.75. The van der Waals surface area contributed by atoms with Crippen molar-refractivity contribution in [2.45, 2.75) is 0 Å². The van der Waals surface area contributed by atoms with Crippen LogP contribution in [-0.4, -0.2) is 15.4 Å². The number of carbonyl (C=O) groups is 1. The van der Waals surface area contributed by atoms with Gasteiger partial charge in [0.15, 0.2) is 0 Å². The highest BCUT2D eigenvalue weighted by Crippen LogP contribution is 2.41. The minimum atomic E-state index is 0.680. The molecule has 0 spiro atoms. The van der Waals surface area contributed by atoms with E-state index >= 15 is 0 Å². The van der Waals surface area contributed by atoms with Gasteiger partial charge in [0.2, 0.25) is 0 Å². The van der Waals surface area contributed by atoms with Gasteiger partial charge in [-0.2, -0.15) is 0 Å². The van der Waals surface area contributed by atoms with Crippen LogP contribution in [0.4, 0.5) is 0 Å². The largest absolute Gasteiger partial charge is 0.309 e. The Morgan fingerprint density at radius 2 is 1.12 bits per heavy atom. The molecule has 2 aromatic heterocycles. The molecule has 160 valence electrons. The quantitative estimate of drug-likeness (QED) is 0.261. The second-order valence-electron chi connectivity index (χ2n) is 8.61. The van der Waals surface area contributed by atoms with E-state index in [2.05, 4.69) is 100 Å². The van der Waals surface area contributed by atoms with Crippen molar-refractivity contribution in [2.24, 2.45) is 0 Å². The summed E-state index contributed by atoms with van der Waals surface area (Å²) in [7, 11) is 0. The molecule has 2 heterocycles. The summed E-state index contributed by atoms with van der Waals surface area (Å²) in [5.41, 5.74) is 7.44. The first kappa shape index (κ1) is 18.9. The van der Waals surface area contributed by atoms with Gasteiger partial charge in [-0.25, -0.2) is 0 Å². The lowest BCUT2D eigenvalue weighted by Gasteiger charge is -2.09. The Bertz CT molecular complexity index is 1860.